The van der Waals surface area contributed by atoms with E-state index >= 15 is 0 Å². The number of aliphatic hydroxyl groups excluding tert-OH is 1. The summed E-state index contributed by atoms with van der Waals surface area (Å²) in [6.45, 7) is 6.72. The van der Waals surface area contributed by atoms with E-state index in [2.05, 4.69) is 18.4 Å². The summed E-state index contributed by atoms with van der Waals surface area (Å²) >= 11 is 1.68. The Morgan fingerprint density at radius 1 is 1.67 bits per heavy atom. The smallest absolute Gasteiger partial charge is 0.161 e. The lowest BCUT2D eigenvalue weighted by Gasteiger charge is -2.33. The molecule has 0 aromatic heterocycles. The Kier molecular flexibility index (Phi) is 4.70. The Morgan fingerprint density at radius 2 is 2.44 bits per heavy atom. The maximum Gasteiger partial charge on any atom is 0.161 e. The molecule has 0 aromatic carbocycles. The van der Waals surface area contributed by atoms with Crippen molar-refractivity contribution < 1.29 is 9.84 Å². The molecule has 2 rings (SSSR count). The minimum absolute atomic E-state index is 0.0711. The maximum absolute atomic E-state index is 9.96. The summed E-state index contributed by atoms with van der Waals surface area (Å²) in [6, 6.07) is 0.256. The van der Waals surface area contributed by atoms with E-state index in [1.807, 2.05) is 7.05 Å². The Labute approximate surface area is 113 Å². The summed E-state index contributed by atoms with van der Waals surface area (Å²) in [4.78, 5) is 6.84. The quantitative estimate of drug-likeness (QED) is 0.792. The van der Waals surface area contributed by atoms with Gasteiger partial charge in [-0.25, -0.2) is 0 Å². The fraction of sp³-hybridized carbons (Fsp3) is 0.769. The minimum Gasteiger partial charge on any atom is -0.390 e. The number of aliphatic hydroxyl groups is 1. The van der Waals surface area contributed by atoms with Gasteiger partial charge in [-0.3, -0.25) is 4.99 Å². The van der Waals surface area contributed by atoms with Crippen molar-refractivity contribution in [3.63, 3.8) is 0 Å². The average Bonchev–Trinajstić information content (AvgIpc) is 2.80. The van der Waals surface area contributed by atoms with Crippen molar-refractivity contribution in [2.24, 2.45) is 4.99 Å². The van der Waals surface area contributed by atoms with Crippen molar-refractivity contribution in [2.45, 2.75) is 49.9 Å². The standard InChI is InChI=1S/C13H22N2O2S/c1-4-6-10(16)11-8-7-9-12(17-11)18-13(14-9)15(3)5-2/h4,9-12,16H,1,5-8H2,2-3H3/t9-,10+,11-,12-/m1/s1. The van der Waals surface area contributed by atoms with Gasteiger partial charge in [-0.2, -0.15) is 0 Å². The molecule has 0 saturated carbocycles. The third kappa shape index (κ3) is 2.90. The molecule has 1 saturated heterocycles. The van der Waals surface area contributed by atoms with E-state index < -0.39 is 6.10 Å². The summed E-state index contributed by atoms with van der Waals surface area (Å²) in [7, 11) is 2.05. The van der Waals surface area contributed by atoms with Gasteiger partial charge in [0.15, 0.2) is 5.17 Å². The van der Waals surface area contributed by atoms with Crippen LogP contribution in [0.5, 0.6) is 0 Å². The van der Waals surface area contributed by atoms with Crippen molar-refractivity contribution in [3.8, 4) is 0 Å². The lowest BCUT2D eigenvalue weighted by atomic mass is 9.99. The lowest BCUT2D eigenvalue weighted by molar-refractivity contribution is -0.0779. The highest BCUT2D eigenvalue weighted by molar-refractivity contribution is 8.14. The van der Waals surface area contributed by atoms with Gasteiger partial charge in [0.2, 0.25) is 0 Å². The fourth-order valence-corrected chi connectivity index (χ4v) is 3.50. The number of rotatable bonds is 4. The van der Waals surface area contributed by atoms with Crippen LogP contribution in [-0.2, 0) is 4.74 Å². The van der Waals surface area contributed by atoms with Crippen LogP contribution in [0.25, 0.3) is 0 Å². The normalized spacial score (nSPS) is 32.6. The highest BCUT2D eigenvalue weighted by Crippen LogP contribution is 2.37. The molecule has 102 valence electrons. The monoisotopic (exact) mass is 270 g/mol. The molecule has 0 spiro atoms. The van der Waals surface area contributed by atoms with Crippen molar-refractivity contribution in [1.29, 1.82) is 0 Å². The van der Waals surface area contributed by atoms with Gasteiger partial charge >= 0.3 is 0 Å². The summed E-state index contributed by atoms with van der Waals surface area (Å²) in [5.41, 5.74) is 0.0761. The fourth-order valence-electron chi connectivity index (χ4n) is 2.24. The molecule has 0 amide bonds. The molecule has 2 aliphatic heterocycles. The van der Waals surface area contributed by atoms with Gasteiger partial charge in [-0.05, 0) is 26.2 Å². The number of ether oxygens (including phenoxy) is 1. The molecule has 1 N–H and O–H groups in total. The Bertz CT molecular complexity index is 335. The van der Waals surface area contributed by atoms with E-state index in [-0.39, 0.29) is 17.6 Å². The van der Waals surface area contributed by atoms with E-state index in [4.69, 9.17) is 9.73 Å². The van der Waals surface area contributed by atoms with Crippen molar-refractivity contribution >= 4 is 16.9 Å². The van der Waals surface area contributed by atoms with E-state index in [0.29, 0.717) is 6.42 Å². The van der Waals surface area contributed by atoms with Gasteiger partial charge in [0.25, 0.3) is 0 Å². The van der Waals surface area contributed by atoms with Gasteiger partial charge < -0.3 is 14.7 Å². The largest absolute Gasteiger partial charge is 0.390 e. The molecule has 0 aliphatic carbocycles. The van der Waals surface area contributed by atoms with Gasteiger partial charge in [-0.1, -0.05) is 17.8 Å². The maximum atomic E-state index is 9.96. The van der Waals surface area contributed by atoms with Gasteiger partial charge in [0, 0.05) is 13.6 Å². The average molecular weight is 270 g/mol. The van der Waals surface area contributed by atoms with Crippen LogP contribution in [0, 0.1) is 0 Å². The van der Waals surface area contributed by atoms with Crippen LogP contribution in [0.4, 0.5) is 0 Å². The Balaban J connectivity index is 1.92. The molecule has 1 fully saturated rings. The third-order valence-corrected chi connectivity index (χ3v) is 4.79. The predicted octanol–water partition coefficient (Wildman–Crippen LogP) is 1.85. The Hall–Kier alpha value is -0.520. The van der Waals surface area contributed by atoms with Crippen LogP contribution in [0.2, 0.25) is 0 Å². The molecule has 0 aromatic rings. The number of aliphatic imine (C=N–C) groups is 1. The van der Waals surface area contributed by atoms with Crippen molar-refractivity contribution in [1.82, 2.24) is 4.90 Å². The molecular weight excluding hydrogens is 248 g/mol. The number of hydrogen-bond donors (Lipinski definition) is 1. The lowest BCUT2D eigenvalue weighted by Crippen LogP contribution is -2.40. The summed E-state index contributed by atoms with van der Waals surface area (Å²) < 4.78 is 5.97. The number of thioether (sulfide) groups is 1. The Morgan fingerprint density at radius 3 is 3.11 bits per heavy atom. The first-order valence-electron chi connectivity index (χ1n) is 6.55. The second kappa shape index (κ2) is 6.08. The molecule has 4 nitrogen and oxygen atoms in total. The zero-order chi connectivity index (χ0) is 13.1. The van der Waals surface area contributed by atoms with E-state index in [9.17, 15) is 5.11 Å². The molecular formula is C13H22N2O2S. The molecule has 2 heterocycles. The predicted molar refractivity (Wildman–Crippen MR) is 75.8 cm³/mol. The molecule has 0 unspecified atom stereocenters. The second-order valence-corrected chi connectivity index (χ2v) is 5.89. The molecule has 2 aliphatic rings. The van der Waals surface area contributed by atoms with E-state index in [0.717, 1.165) is 24.6 Å². The van der Waals surface area contributed by atoms with Gasteiger partial charge in [0.1, 0.15) is 5.44 Å². The van der Waals surface area contributed by atoms with Crippen LogP contribution in [0.3, 0.4) is 0 Å². The minimum atomic E-state index is -0.433. The van der Waals surface area contributed by atoms with Crippen molar-refractivity contribution in [3.05, 3.63) is 12.7 Å². The third-order valence-electron chi connectivity index (χ3n) is 3.51. The molecule has 18 heavy (non-hydrogen) atoms. The first-order valence-corrected chi connectivity index (χ1v) is 7.43. The number of hydrogen-bond acceptors (Lipinski definition) is 5. The van der Waals surface area contributed by atoms with Crippen molar-refractivity contribution in [2.75, 3.05) is 13.6 Å². The van der Waals surface area contributed by atoms with Crippen LogP contribution in [0.15, 0.2) is 17.6 Å². The van der Waals surface area contributed by atoms with Crippen LogP contribution < -0.4 is 0 Å². The highest BCUT2D eigenvalue weighted by Gasteiger charge is 2.39. The van der Waals surface area contributed by atoms with Gasteiger partial charge in [-0.15, -0.1) is 6.58 Å². The molecule has 0 radical (unpaired) electrons. The molecule has 5 heteroatoms. The summed E-state index contributed by atoms with van der Waals surface area (Å²) in [5.74, 6) is 0. The van der Waals surface area contributed by atoms with E-state index in [1.54, 1.807) is 17.8 Å². The highest BCUT2D eigenvalue weighted by atomic mass is 32.2. The SMILES string of the molecule is C=CC[C@H](O)[C@H]1CC[C@H]2N=C(N(C)CC)S[C@H]2O1. The molecule has 0 bridgehead atoms. The number of fused-ring (bicyclic) bond motifs is 1. The topological polar surface area (TPSA) is 45.1 Å². The second-order valence-electron chi connectivity index (χ2n) is 4.82. The molecule has 4 atom stereocenters. The summed E-state index contributed by atoms with van der Waals surface area (Å²) in [6.07, 6.45) is 3.71. The van der Waals surface area contributed by atoms with Crippen LogP contribution in [0.1, 0.15) is 26.2 Å². The zero-order valence-electron chi connectivity index (χ0n) is 11.1. The first-order chi connectivity index (χ1) is 8.65. The van der Waals surface area contributed by atoms with Gasteiger partial charge in [0.05, 0.1) is 18.2 Å². The zero-order valence-corrected chi connectivity index (χ0v) is 11.9. The van der Waals surface area contributed by atoms with Crippen LogP contribution >= 0.6 is 11.8 Å². The first kappa shape index (κ1) is 13.9. The number of nitrogens with zero attached hydrogens (tertiary/aromatic N) is 2. The number of amidine groups is 1. The summed E-state index contributed by atoms with van der Waals surface area (Å²) in [5, 5.41) is 11.0. The van der Waals surface area contributed by atoms with Crippen LogP contribution in [-0.4, -0.2) is 52.5 Å². The van der Waals surface area contributed by atoms with E-state index in [1.165, 1.54) is 0 Å².